The lowest BCUT2D eigenvalue weighted by atomic mass is 9.93. The predicted octanol–water partition coefficient (Wildman–Crippen LogP) is 3.73. The number of carboxylic acid groups (broad SMARTS) is 1. The molecular weight excluding hydrogens is 442 g/mol. The third kappa shape index (κ3) is 7.46. The molecule has 1 aromatic carbocycles. The van der Waals surface area contributed by atoms with E-state index >= 15 is 0 Å². The molecule has 9 nitrogen and oxygen atoms in total. The Morgan fingerprint density at radius 1 is 1.14 bits per heavy atom. The molecule has 0 bridgehead atoms. The van der Waals surface area contributed by atoms with Gasteiger partial charge in [0.1, 0.15) is 5.82 Å². The molecule has 2 aromatic heterocycles. The van der Waals surface area contributed by atoms with Crippen LogP contribution in [0.15, 0.2) is 54.9 Å². The summed E-state index contributed by atoms with van der Waals surface area (Å²) in [6.07, 6.45) is 6.59. The van der Waals surface area contributed by atoms with Gasteiger partial charge in [-0.05, 0) is 80.7 Å². The number of rotatable bonds is 11. The minimum atomic E-state index is -0.697. The second kappa shape index (κ2) is 12.2. The number of benzene rings is 1. The van der Waals surface area contributed by atoms with Crippen LogP contribution in [0.2, 0.25) is 0 Å². The standard InChI is InChI=1S/C26H33N7O2/c27-10-2-11-28-24-6-5-21(17-30-24)23-7-12-29-26(32-23)31-22-4-1-3-20(15-22)18-33-13-8-19(9-14-33)16-25(34)35/h1,3-7,12,15,17,19H,2,8-11,13-14,16,18,27H2,(H,28,30)(H,34,35)(H,29,31,32). The highest BCUT2D eigenvalue weighted by atomic mass is 16.4. The molecule has 0 atom stereocenters. The molecule has 1 fully saturated rings. The summed E-state index contributed by atoms with van der Waals surface area (Å²) in [5.41, 5.74) is 9.37. The van der Waals surface area contributed by atoms with E-state index in [1.807, 2.05) is 30.3 Å². The molecular formula is C26H33N7O2. The molecule has 1 aliphatic rings. The Bertz CT molecular complexity index is 1100. The topological polar surface area (TPSA) is 129 Å². The van der Waals surface area contributed by atoms with Gasteiger partial charge in [0.05, 0.1) is 5.69 Å². The van der Waals surface area contributed by atoms with Crippen molar-refractivity contribution in [2.24, 2.45) is 11.7 Å². The van der Waals surface area contributed by atoms with Gasteiger partial charge in [0.2, 0.25) is 5.95 Å². The number of carboxylic acids is 1. The molecule has 1 saturated heterocycles. The smallest absolute Gasteiger partial charge is 0.303 e. The summed E-state index contributed by atoms with van der Waals surface area (Å²) in [5, 5.41) is 15.6. The fraction of sp³-hybridized carbons (Fsp3) is 0.385. The van der Waals surface area contributed by atoms with E-state index in [1.54, 1.807) is 12.4 Å². The second-order valence-corrected chi connectivity index (χ2v) is 8.91. The summed E-state index contributed by atoms with van der Waals surface area (Å²) < 4.78 is 0. The quantitative estimate of drug-likeness (QED) is 0.307. The minimum Gasteiger partial charge on any atom is -0.481 e. The van der Waals surface area contributed by atoms with Crippen molar-refractivity contribution in [3.05, 3.63) is 60.4 Å². The largest absolute Gasteiger partial charge is 0.481 e. The molecule has 3 heterocycles. The maximum atomic E-state index is 10.9. The molecule has 0 radical (unpaired) electrons. The molecule has 4 rings (SSSR count). The first-order chi connectivity index (χ1) is 17.1. The number of anilines is 3. The molecule has 3 aromatic rings. The van der Waals surface area contributed by atoms with Gasteiger partial charge in [0.25, 0.3) is 0 Å². The Morgan fingerprint density at radius 2 is 2.00 bits per heavy atom. The van der Waals surface area contributed by atoms with Crippen molar-refractivity contribution in [1.29, 1.82) is 0 Å². The number of aromatic nitrogens is 3. The Labute approximate surface area is 205 Å². The zero-order valence-electron chi connectivity index (χ0n) is 19.9. The average Bonchev–Trinajstić information content (AvgIpc) is 2.86. The van der Waals surface area contributed by atoms with Crippen LogP contribution in [0.4, 0.5) is 17.5 Å². The van der Waals surface area contributed by atoms with E-state index in [0.29, 0.717) is 18.4 Å². The number of hydrogen-bond donors (Lipinski definition) is 4. The maximum absolute atomic E-state index is 10.9. The van der Waals surface area contributed by atoms with E-state index in [4.69, 9.17) is 10.8 Å². The van der Waals surface area contributed by atoms with Gasteiger partial charge in [-0.2, -0.15) is 0 Å². The lowest BCUT2D eigenvalue weighted by molar-refractivity contribution is -0.138. The van der Waals surface area contributed by atoms with E-state index in [9.17, 15) is 4.79 Å². The number of hydrogen-bond acceptors (Lipinski definition) is 8. The van der Waals surface area contributed by atoms with Crippen molar-refractivity contribution in [1.82, 2.24) is 19.9 Å². The Kier molecular flexibility index (Phi) is 8.58. The zero-order valence-corrected chi connectivity index (χ0v) is 19.9. The highest BCUT2D eigenvalue weighted by molar-refractivity contribution is 5.67. The maximum Gasteiger partial charge on any atom is 0.303 e. The van der Waals surface area contributed by atoms with Gasteiger partial charge in [-0.1, -0.05) is 12.1 Å². The third-order valence-corrected chi connectivity index (χ3v) is 6.16. The van der Waals surface area contributed by atoms with Crippen LogP contribution in [-0.4, -0.2) is 57.1 Å². The Balaban J connectivity index is 1.35. The van der Waals surface area contributed by atoms with Gasteiger partial charge < -0.3 is 21.5 Å². The van der Waals surface area contributed by atoms with Crippen LogP contribution in [0.25, 0.3) is 11.3 Å². The van der Waals surface area contributed by atoms with Crippen LogP contribution < -0.4 is 16.4 Å². The SMILES string of the molecule is NCCCNc1ccc(-c2ccnc(Nc3cccc(CN4CCC(CC(=O)O)CC4)c3)n2)cn1. The predicted molar refractivity (Wildman–Crippen MR) is 137 cm³/mol. The molecule has 0 unspecified atom stereocenters. The first-order valence-corrected chi connectivity index (χ1v) is 12.1. The highest BCUT2D eigenvalue weighted by Crippen LogP contribution is 2.24. The van der Waals surface area contributed by atoms with Crippen molar-refractivity contribution in [2.45, 2.75) is 32.2 Å². The molecule has 5 N–H and O–H groups in total. The van der Waals surface area contributed by atoms with Crippen molar-refractivity contribution in [3.63, 3.8) is 0 Å². The minimum absolute atomic E-state index is 0.276. The van der Waals surface area contributed by atoms with Crippen molar-refractivity contribution < 1.29 is 9.90 Å². The van der Waals surface area contributed by atoms with E-state index in [-0.39, 0.29) is 6.42 Å². The van der Waals surface area contributed by atoms with Gasteiger partial charge in [0.15, 0.2) is 0 Å². The van der Waals surface area contributed by atoms with E-state index in [1.165, 1.54) is 5.56 Å². The van der Waals surface area contributed by atoms with Crippen molar-refractivity contribution in [3.8, 4) is 11.3 Å². The molecule has 0 amide bonds. The monoisotopic (exact) mass is 475 g/mol. The zero-order chi connectivity index (χ0) is 24.5. The Hall–Kier alpha value is -3.56. The molecule has 9 heteroatoms. The fourth-order valence-corrected chi connectivity index (χ4v) is 4.28. The highest BCUT2D eigenvalue weighted by Gasteiger charge is 2.21. The van der Waals surface area contributed by atoms with Crippen LogP contribution in [0.5, 0.6) is 0 Å². The summed E-state index contributed by atoms with van der Waals surface area (Å²) in [4.78, 5) is 26.8. The number of likely N-dealkylation sites (tertiary alicyclic amines) is 1. The van der Waals surface area contributed by atoms with E-state index in [0.717, 1.165) is 68.2 Å². The van der Waals surface area contributed by atoms with Gasteiger partial charge in [-0.25, -0.2) is 15.0 Å². The molecule has 35 heavy (non-hydrogen) atoms. The Morgan fingerprint density at radius 3 is 2.74 bits per heavy atom. The summed E-state index contributed by atoms with van der Waals surface area (Å²) in [7, 11) is 0. The number of carbonyl (C=O) groups is 1. The summed E-state index contributed by atoms with van der Waals surface area (Å²) in [6.45, 7) is 4.14. The first-order valence-electron chi connectivity index (χ1n) is 12.1. The second-order valence-electron chi connectivity index (χ2n) is 8.91. The molecule has 0 aliphatic carbocycles. The number of aliphatic carboxylic acids is 1. The first kappa shape index (κ1) is 24.6. The van der Waals surface area contributed by atoms with Gasteiger partial charge in [0, 0.05) is 43.2 Å². The fourth-order valence-electron chi connectivity index (χ4n) is 4.28. The summed E-state index contributed by atoms with van der Waals surface area (Å²) in [5.74, 6) is 0.939. The van der Waals surface area contributed by atoms with E-state index in [2.05, 4.69) is 42.6 Å². The van der Waals surface area contributed by atoms with Gasteiger partial charge >= 0.3 is 5.97 Å². The van der Waals surface area contributed by atoms with Crippen LogP contribution >= 0.6 is 0 Å². The van der Waals surface area contributed by atoms with E-state index < -0.39 is 5.97 Å². The molecule has 184 valence electrons. The number of nitrogens with two attached hydrogens (primary N) is 1. The average molecular weight is 476 g/mol. The van der Waals surface area contributed by atoms with Gasteiger partial charge in [-0.15, -0.1) is 0 Å². The van der Waals surface area contributed by atoms with Crippen LogP contribution in [0, 0.1) is 5.92 Å². The van der Waals surface area contributed by atoms with Crippen molar-refractivity contribution >= 4 is 23.4 Å². The van der Waals surface area contributed by atoms with Crippen LogP contribution in [0.3, 0.4) is 0 Å². The summed E-state index contributed by atoms with van der Waals surface area (Å²) in [6, 6.07) is 14.1. The summed E-state index contributed by atoms with van der Waals surface area (Å²) >= 11 is 0. The van der Waals surface area contributed by atoms with Crippen LogP contribution in [0.1, 0.15) is 31.2 Å². The molecule has 1 aliphatic heterocycles. The van der Waals surface area contributed by atoms with Crippen molar-refractivity contribution in [2.75, 3.05) is 36.8 Å². The number of nitrogens with zero attached hydrogens (tertiary/aromatic N) is 4. The number of piperidine rings is 1. The molecule has 0 spiro atoms. The lowest BCUT2D eigenvalue weighted by Crippen LogP contribution is -2.33. The number of pyridine rings is 1. The van der Waals surface area contributed by atoms with Gasteiger partial charge in [-0.3, -0.25) is 9.69 Å². The molecule has 0 saturated carbocycles. The van der Waals surface area contributed by atoms with Crippen LogP contribution in [-0.2, 0) is 11.3 Å². The normalized spacial score (nSPS) is 14.5. The number of nitrogens with one attached hydrogen (secondary N) is 2. The lowest BCUT2D eigenvalue weighted by Gasteiger charge is -2.31. The third-order valence-electron chi connectivity index (χ3n) is 6.16.